The molecule has 0 bridgehead atoms. The van der Waals surface area contributed by atoms with E-state index in [2.05, 4.69) is 15.3 Å². The summed E-state index contributed by atoms with van der Waals surface area (Å²) in [6, 6.07) is 0. The SMILES string of the molecule is CC(C)(C)C(=O)NCCCN=[N+]=[N-]. The maximum Gasteiger partial charge on any atom is 0.225 e. The molecule has 0 aliphatic carbocycles. The van der Waals surface area contributed by atoms with Gasteiger partial charge in [0.2, 0.25) is 5.91 Å². The van der Waals surface area contributed by atoms with E-state index in [1.165, 1.54) is 0 Å². The number of nitrogens with zero attached hydrogens (tertiary/aromatic N) is 3. The van der Waals surface area contributed by atoms with Crippen molar-refractivity contribution in [2.45, 2.75) is 27.2 Å². The molecule has 0 radical (unpaired) electrons. The van der Waals surface area contributed by atoms with Crippen LogP contribution in [0.2, 0.25) is 0 Å². The lowest BCUT2D eigenvalue weighted by Crippen LogP contribution is -2.35. The van der Waals surface area contributed by atoms with E-state index in [9.17, 15) is 4.79 Å². The quantitative estimate of drug-likeness (QED) is 0.308. The molecular weight excluding hydrogens is 168 g/mol. The third kappa shape index (κ3) is 5.99. The third-order valence-electron chi connectivity index (χ3n) is 1.46. The van der Waals surface area contributed by atoms with Crippen LogP contribution in [0.3, 0.4) is 0 Å². The third-order valence-corrected chi connectivity index (χ3v) is 1.46. The van der Waals surface area contributed by atoms with Crippen molar-refractivity contribution in [1.29, 1.82) is 0 Å². The Labute approximate surface area is 78.1 Å². The number of carbonyl (C=O) groups is 1. The molecule has 1 N–H and O–H groups in total. The van der Waals surface area contributed by atoms with Crippen LogP contribution in [-0.4, -0.2) is 19.0 Å². The van der Waals surface area contributed by atoms with Crippen LogP contribution < -0.4 is 5.32 Å². The standard InChI is InChI=1S/C8H16N4O/c1-8(2,3)7(13)10-5-4-6-11-12-9/h4-6H2,1-3H3,(H,10,13). The number of carbonyl (C=O) groups excluding carboxylic acids is 1. The Morgan fingerprint density at radius 2 is 2.15 bits per heavy atom. The van der Waals surface area contributed by atoms with E-state index >= 15 is 0 Å². The molecule has 0 aromatic rings. The smallest absolute Gasteiger partial charge is 0.225 e. The molecule has 13 heavy (non-hydrogen) atoms. The monoisotopic (exact) mass is 184 g/mol. The van der Waals surface area contributed by atoms with Crippen molar-refractivity contribution in [2.75, 3.05) is 13.1 Å². The topological polar surface area (TPSA) is 77.9 Å². The lowest BCUT2D eigenvalue weighted by atomic mass is 9.96. The molecule has 0 aliphatic heterocycles. The van der Waals surface area contributed by atoms with Crippen LogP contribution in [0, 0.1) is 5.41 Å². The summed E-state index contributed by atoms with van der Waals surface area (Å²) in [4.78, 5) is 13.9. The highest BCUT2D eigenvalue weighted by Gasteiger charge is 2.19. The minimum Gasteiger partial charge on any atom is -0.356 e. The highest BCUT2D eigenvalue weighted by Crippen LogP contribution is 2.11. The number of azide groups is 1. The summed E-state index contributed by atoms with van der Waals surface area (Å²) in [6.45, 7) is 6.57. The summed E-state index contributed by atoms with van der Waals surface area (Å²) in [5.74, 6) is 0.0217. The molecule has 0 heterocycles. The Balaban J connectivity index is 3.54. The average molecular weight is 184 g/mol. The predicted molar refractivity (Wildman–Crippen MR) is 51.1 cm³/mol. The highest BCUT2D eigenvalue weighted by atomic mass is 16.2. The first kappa shape index (κ1) is 11.8. The van der Waals surface area contributed by atoms with Crippen molar-refractivity contribution >= 4 is 5.91 Å². The van der Waals surface area contributed by atoms with Gasteiger partial charge >= 0.3 is 0 Å². The molecule has 0 spiro atoms. The van der Waals surface area contributed by atoms with Crippen LogP contribution in [0.15, 0.2) is 5.11 Å². The van der Waals surface area contributed by atoms with E-state index in [0.29, 0.717) is 19.5 Å². The van der Waals surface area contributed by atoms with Crippen molar-refractivity contribution in [3.05, 3.63) is 10.4 Å². The number of amides is 1. The van der Waals surface area contributed by atoms with Gasteiger partial charge in [-0.1, -0.05) is 25.9 Å². The van der Waals surface area contributed by atoms with Crippen molar-refractivity contribution < 1.29 is 4.79 Å². The summed E-state index contributed by atoms with van der Waals surface area (Å²) in [5, 5.41) is 6.12. The first-order valence-electron chi connectivity index (χ1n) is 4.27. The molecule has 5 heteroatoms. The maximum absolute atomic E-state index is 11.3. The second kappa shape index (κ2) is 5.43. The molecule has 0 unspecified atom stereocenters. The molecule has 0 rings (SSSR count). The van der Waals surface area contributed by atoms with Crippen molar-refractivity contribution in [1.82, 2.24) is 5.32 Å². The normalized spacial score (nSPS) is 10.4. The second-order valence-corrected chi connectivity index (χ2v) is 3.81. The zero-order chi connectivity index (χ0) is 10.3. The second-order valence-electron chi connectivity index (χ2n) is 3.81. The fraction of sp³-hybridized carbons (Fsp3) is 0.875. The van der Waals surface area contributed by atoms with Gasteiger partial charge in [-0.3, -0.25) is 4.79 Å². The van der Waals surface area contributed by atoms with Crippen LogP contribution in [0.5, 0.6) is 0 Å². The van der Waals surface area contributed by atoms with E-state index in [0.717, 1.165) is 0 Å². The summed E-state index contributed by atoms with van der Waals surface area (Å²) in [6.07, 6.45) is 0.686. The van der Waals surface area contributed by atoms with Crippen molar-refractivity contribution in [2.24, 2.45) is 10.5 Å². The molecule has 74 valence electrons. The van der Waals surface area contributed by atoms with E-state index < -0.39 is 0 Å². The van der Waals surface area contributed by atoms with Crippen LogP contribution in [0.25, 0.3) is 10.4 Å². The first-order valence-corrected chi connectivity index (χ1v) is 4.27. The van der Waals surface area contributed by atoms with Crippen molar-refractivity contribution in [3.8, 4) is 0 Å². The molecule has 1 amide bonds. The fourth-order valence-electron chi connectivity index (χ4n) is 0.662. The van der Waals surface area contributed by atoms with Gasteiger partial charge in [0.15, 0.2) is 0 Å². The Kier molecular flexibility index (Phi) is 4.92. The minimum atomic E-state index is -0.349. The molecule has 0 saturated heterocycles. The summed E-state index contributed by atoms with van der Waals surface area (Å²) >= 11 is 0. The highest BCUT2D eigenvalue weighted by molar-refractivity contribution is 5.81. The fourth-order valence-corrected chi connectivity index (χ4v) is 0.662. The zero-order valence-electron chi connectivity index (χ0n) is 8.37. The van der Waals surface area contributed by atoms with E-state index in [1.807, 2.05) is 20.8 Å². The van der Waals surface area contributed by atoms with E-state index in [-0.39, 0.29) is 11.3 Å². The van der Waals surface area contributed by atoms with Gasteiger partial charge in [0.1, 0.15) is 0 Å². The van der Waals surface area contributed by atoms with Crippen molar-refractivity contribution in [3.63, 3.8) is 0 Å². The van der Waals surface area contributed by atoms with E-state index in [1.54, 1.807) is 0 Å². The Bertz CT molecular complexity index is 213. The minimum absolute atomic E-state index is 0.0217. The Morgan fingerprint density at radius 3 is 2.62 bits per heavy atom. The molecule has 0 atom stereocenters. The largest absolute Gasteiger partial charge is 0.356 e. The number of nitrogens with one attached hydrogen (secondary N) is 1. The van der Waals surface area contributed by atoms with Gasteiger partial charge in [0, 0.05) is 23.4 Å². The van der Waals surface area contributed by atoms with Crippen LogP contribution in [0.1, 0.15) is 27.2 Å². The molecule has 0 aromatic heterocycles. The number of hydrogen-bond acceptors (Lipinski definition) is 2. The molecule has 0 fully saturated rings. The molecule has 5 nitrogen and oxygen atoms in total. The van der Waals surface area contributed by atoms with Gasteiger partial charge in [-0.2, -0.15) is 0 Å². The van der Waals surface area contributed by atoms with Gasteiger partial charge in [0.05, 0.1) is 0 Å². The molecular formula is C8H16N4O. The van der Waals surface area contributed by atoms with Gasteiger partial charge in [-0.05, 0) is 12.0 Å². The van der Waals surface area contributed by atoms with Crippen LogP contribution in [-0.2, 0) is 4.79 Å². The van der Waals surface area contributed by atoms with Gasteiger partial charge in [0.25, 0.3) is 0 Å². The lowest BCUT2D eigenvalue weighted by molar-refractivity contribution is -0.128. The summed E-state index contributed by atoms with van der Waals surface area (Å²) in [7, 11) is 0. The predicted octanol–water partition coefficient (Wildman–Crippen LogP) is 1.85. The molecule has 0 aromatic carbocycles. The Morgan fingerprint density at radius 1 is 1.54 bits per heavy atom. The first-order chi connectivity index (χ1) is 5.98. The van der Waals surface area contributed by atoms with Gasteiger partial charge < -0.3 is 5.32 Å². The van der Waals surface area contributed by atoms with Crippen LogP contribution in [0.4, 0.5) is 0 Å². The molecule has 0 saturated carbocycles. The van der Waals surface area contributed by atoms with Crippen LogP contribution >= 0.6 is 0 Å². The lowest BCUT2D eigenvalue weighted by Gasteiger charge is -2.17. The van der Waals surface area contributed by atoms with Gasteiger partial charge in [-0.15, -0.1) is 0 Å². The number of hydrogen-bond donors (Lipinski definition) is 1. The average Bonchev–Trinajstić information content (AvgIpc) is 2.02. The summed E-state index contributed by atoms with van der Waals surface area (Å²) in [5.41, 5.74) is 7.63. The zero-order valence-corrected chi connectivity index (χ0v) is 8.37. The summed E-state index contributed by atoms with van der Waals surface area (Å²) < 4.78 is 0. The van der Waals surface area contributed by atoms with E-state index in [4.69, 9.17) is 5.53 Å². The Hall–Kier alpha value is -1.22. The molecule has 0 aliphatic rings. The number of rotatable bonds is 4. The maximum atomic E-state index is 11.3. The van der Waals surface area contributed by atoms with Gasteiger partial charge in [-0.25, -0.2) is 0 Å².